The van der Waals surface area contributed by atoms with Crippen molar-refractivity contribution in [3.05, 3.63) is 33.8 Å². The molecule has 0 saturated heterocycles. The molecule has 0 heterocycles. The van der Waals surface area contributed by atoms with Crippen LogP contribution in [0.25, 0.3) is 0 Å². The topological polar surface area (TPSA) is 0 Å². The van der Waals surface area contributed by atoms with Gasteiger partial charge in [-0.25, -0.2) is 0 Å². The zero-order valence-electron chi connectivity index (χ0n) is 6.64. The number of hydrogen-bond donors (Lipinski definition) is 0. The average molecular weight is 199 g/mol. The van der Waals surface area contributed by atoms with Crippen molar-refractivity contribution >= 4 is 23.2 Å². The van der Waals surface area contributed by atoms with Crippen molar-refractivity contribution in [3.8, 4) is 12.3 Å². The summed E-state index contributed by atoms with van der Waals surface area (Å²) in [6.45, 7) is 1.93. The van der Waals surface area contributed by atoms with Crippen LogP contribution in [0.3, 0.4) is 0 Å². The van der Waals surface area contributed by atoms with E-state index in [2.05, 4.69) is 5.92 Å². The fourth-order valence-electron chi connectivity index (χ4n) is 0.942. The summed E-state index contributed by atoms with van der Waals surface area (Å²) in [5.74, 6) is 2.65. The van der Waals surface area contributed by atoms with E-state index in [1.165, 1.54) is 0 Å². The summed E-state index contributed by atoms with van der Waals surface area (Å²) in [6.07, 6.45) is 5.27. The molecule has 0 aliphatic rings. The molecule has 1 atom stereocenters. The second-order valence-corrected chi connectivity index (χ2v) is 3.40. The normalized spacial score (nSPS) is 12.2. The fraction of sp³-hybridized carbons (Fsp3) is 0.200. The summed E-state index contributed by atoms with van der Waals surface area (Å²) in [5.41, 5.74) is 0.948. The Morgan fingerprint density at radius 1 is 1.42 bits per heavy atom. The van der Waals surface area contributed by atoms with Gasteiger partial charge in [-0.2, -0.15) is 0 Å². The monoisotopic (exact) mass is 198 g/mol. The first-order chi connectivity index (χ1) is 5.65. The molecule has 0 aliphatic carbocycles. The first-order valence-electron chi connectivity index (χ1n) is 3.56. The number of benzene rings is 1. The maximum Gasteiger partial charge on any atom is 0.0465 e. The third-order valence-corrected chi connectivity index (χ3v) is 2.24. The Balaban J connectivity index is 3.11. The van der Waals surface area contributed by atoms with Crippen LogP contribution in [0.1, 0.15) is 18.4 Å². The van der Waals surface area contributed by atoms with Crippen LogP contribution < -0.4 is 0 Å². The molecule has 0 nitrogen and oxygen atoms in total. The van der Waals surface area contributed by atoms with E-state index in [0.717, 1.165) is 5.56 Å². The van der Waals surface area contributed by atoms with E-state index in [-0.39, 0.29) is 5.92 Å². The van der Waals surface area contributed by atoms with Crippen LogP contribution in [0.4, 0.5) is 0 Å². The summed E-state index contributed by atoms with van der Waals surface area (Å²) < 4.78 is 0. The third kappa shape index (κ3) is 1.94. The highest BCUT2D eigenvalue weighted by Gasteiger charge is 2.06. The zero-order valence-corrected chi connectivity index (χ0v) is 8.15. The van der Waals surface area contributed by atoms with Crippen molar-refractivity contribution in [3.63, 3.8) is 0 Å². The lowest BCUT2D eigenvalue weighted by Gasteiger charge is -2.06. The maximum atomic E-state index is 5.92. The minimum atomic E-state index is 0.0368. The van der Waals surface area contributed by atoms with Crippen molar-refractivity contribution in [2.75, 3.05) is 0 Å². The Morgan fingerprint density at radius 3 is 2.58 bits per heavy atom. The van der Waals surface area contributed by atoms with E-state index >= 15 is 0 Å². The minimum Gasteiger partial charge on any atom is -0.119 e. The average Bonchev–Trinajstić information content (AvgIpc) is 2.03. The molecule has 1 aromatic carbocycles. The van der Waals surface area contributed by atoms with Crippen molar-refractivity contribution in [1.82, 2.24) is 0 Å². The predicted molar refractivity (Wildman–Crippen MR) is 53.7 cm³/mol. The Bertz CT molecular complexity index is 323. The quantitative estimate of drug-likeness (QED) is 0.604. The molecular formula is C10H8Cl2. The van der Waals surface area contributed by atoms with Gasteiger partial charge in [0.1, 0.15) is 0 Å². The third-order valence-electron chi connectivity index (χ3n) is 1.68. The van der Waals surface area contributed by atoms with Gasteiger partial charge in [0.15, 0.2) is 0 Å². The molecule has 0 bridgehead atoms. The first kappa shape index (κ1) is 9.45. The molecule has 0 N–H and O–H groups in total. The number of rotatable bonds is 1. The lowest BCUT2D eigenvalue weighted by Crippen LogP contribution is -1.89. The van der Waals surface area contributed by atoms with Crippen LogP contribution in [0.15, 0.2) is 18.2 Å². The van der Waals surface area contributed by atoms with E-state index < -0.39 is 0 Å². The Hall–Kier alpha value is -0.640. The molecule has 0 saturated carbocycles. The molecule has 1 unspecified atom stereocenters. The SMILES string of the molecule is C#CC(C)c1ccc(Cl)cc1Cl. The molecule has 62 valence electrons. The summed E-state index contributed by atoms with van der Waals surface area (Å²) in [7, 11) is 0. The van der Waals surface area contributed by atoms with Gasteiger partial charge in [-0.1, -0.05) is 35.2 Å². The molecule has 0 fully saturated rings. The van der Waals surface area contributed by atoms with E-state index in [1.807, 2.05) is 13.0 Å². The summed E-state index contributed by atoms with van der Waals surface area (Å²) >= 11 is 11.7. The first-order valence-corrected chi connectivity index (χ1v) is 4.32. The molecule has 0 aromatic heterocycles. The summed E-state index contributed by atoms with van der Waals surface area (Å²) in [6, 6.07) is 5.35. The Kier molecular flexibility index (Phi) is 3.03. The molecule has 1 aromatic rings. The molecule has 1 rings (SSSR count). The van der Waals surface area contributed by atoms with Gasteiger partial charge < -0.3 is 0 Å². The molecule has 2 heteroatoms. The molecule has 0 spiro atoms. The van der Waals surface area contributed by atoms with Gasteiger partial charge in [0.25, 0.3) is 0 Å². The van der Waals surface area contributed by atoms with Crippen LogP contribution in [0.5, 0.6) is 0 Å². The van der Waals surface area contributed by atoms with Gasteiger partial charge in [-0.3, -0.25) is 0 Å². The lowest BCUT2D eigenvalue weighted by molar-refractivity contribution is 1.01. The molecule has 0 aliphatic heterocycles. The number of hydrogen-bond acceptors (Lipinski definition) is 0. The van der Waals surface area contributed by atoms with Gasteiger partial charge in [0.05, 0.1) is 0 Å². The summed E-state index contributed by atoms with van der Waals surface area (Å²) in [4.78, 5) is 0. The van der Waals surface area contributed by atoms with E-state index in [0.29, 0.717) is 10.0 Å². The smallest absolute Gasteiger partial charge is 0.0465 e. The van der Waals surface area contributed by atoms with Gasteiger partial charge in [0.2, 0.25) is 0 Å². The fourth-order valence-corrected chi connectivity index (χ4v) is 1.51. The van der Waals surface area contributed by atoms with Gasteiger partial charge in [-0.05, 0) is 24.6 Å². The van der Waals surface area contributed by atoms with Crippen LogP contribution >= 0.6 is 23.2 Å². The van der Waals surface area contributed by atoms with Crippen LogP contribution in [-0.4, -0.2) is 0 Å². The van der Waals surface area contributed by atoms with Gasteiger partial charge in [0, 0.05) is 16.0 Å². The second kappa shape index (κ2) is 3.85. The van der Waals surface area contributed by atoms with E-state index in [9.17, 15) is 0 Å². The maximum absolute atomic E-state index is 5.92. The second-order valence-electron chi connectivity index (χ2n) is 2.55. The van der Waals surface area contributed by atoms with Gasteiger partial charge in [-0.15, -0.1) is 6.42 Å². The predicted octanol–water partition coefficient (Wildman–Crippen LogP) is 3.73. The van der Waals surface area contributed by atoms with Crippen molar-refractivity contribution < 1.29 is 0 Å². The Labute approximate surface area is 82.5 Å². The molecule has 12 heavy (non-hydrogen) atoms. The van der Waals surface area contributed by atoms with Gasteiger partial charge >= 0.3 is 0 Å². The van der Waals surface area contributed by atoms with E-state index in [4.69, 9.17) is 29.6 Å². The number of terminal acetylenes is 1. The highest BCUT2D eigenvalue weighted by molar-refractivity contribution is 6.35. The summed E-state index contributed by atoms with van der Waals surface area (Å²) in [5, 5.41) is 1.26. The highest BCUT2D eigenvalue weighted by atomic mass is 35.5. The van der Waals surface area contributed by atoms with Crippen molar-refractivity contribution in [1.29, 1.82) is 0 Å². The van der Waals surface area contributed by atoms with Crippen molar-refractivity contribution in [2.24, 2.45) is 0 Å². The van der Waals surface area contributed by atoms with E-state index in [1.54, 1.807) is 12.1 Å². The molecule has 0 radical (unpaired) electrons. The zero-order chi connectivity index (χ0) is 9.14. The highest BCUT2D eigenvalue weighted by Crippen LogP contribution is 2.26. The van der Waals surface area contributed by atoms with Crippen LogP contribution in [0.2, 0.25) is 10.0 Å². The molecule has 0 amide bonds. The largest absolute Gasteiger partial charge is 0.119 e. The van der Waals surface area contributed by atoms with Crippen LogP contribution in [0, 0.1) is 12.3 Å². The standard InChI is InChI=1S/C10H8Cl2/c1-3-7(2)9-5-4-8(11)6-10(9)12/h1,4-7H,2H3. The Morgan fingerprint density at radius 2 is 2.08 bits per heavy atom. The van der Waals surface area contributed by atoms with Crippen molar-refractivity contribution in [2.45, 2.75) is 12.8 Å². The molecular weight excluding hydrogens is 191 g/mol. The van der Waals surface area contributed by atoms with Crippen LogP contribution in [-0.2, 0) is 0 Å². The lowest BCUT2D eigenvalue weighted by atomic mass is 10.0. The minimum absolute atomic E-state index is 0.0368. The number of halogens is 2.